The number of aromatic nitrogens is 4. The molecule has 1 unspecified atom stereocenters. The third kappa shape index (κ3) is 5.77. The summed E-state index contributed by atoms with van der Waals surface area (Å²) >= 11 is 0. The SMILES string of the molecule is CCOC(=O)CCC(=O)/N=S(\C(=O)CC)c1nc(N)c2[nH]c(=O)n(Cc3ccccc3)c2n1. The van der Waals surface area contributed by atoms with Crippen LogP contribution in [-0.2, 0) is 36.4 Å². The van der Waals surface area contributed by atoms with Crippen molar-refractivity contribution in [1.29, 1.82) is 0 Å². The van der Waals surface area contributed by atoms with Gasteiger partial charge in [-0.3, -0.25) is 19.0 Å². The number of ether oxygens (including phenoxy) is 1. The summed E-state index contributed by atoms with van der Waals surface area (Å²) in [6.07, 6.45) is -0.271. The van der Waals surface area contributed by atoms with Gasteiger partial charge in [-0.05, 0) is 12.5 Å². The van der Waals surface area contributed by atoms with Crippen molar-refractivity contribution >= 4 is 44.7 Å². The number of H-pyrrole nitrogens is 1. The number of rotatable bonds is 8. The summed E-state index contributed by atoms with van der Waals surface area (Å²) in [6, 6.07) is 9.28. The van der Waals surface area contributed by atoms with Gasteiger partial charge in [-0.2, -0.15) is 4.36 Å². The largest absolute Gasteiger partial charge is 0.466 e. The van der Waals surface area contributed by atoms with E-state index in [1.54, 1.807) is 13.8 Å². The molecule has 1 atom stereocenters. The van der Waals surface area contributed by atoms with Crippen molar-refractivity contribution in [3.05, 3.63) is 46.4 Å². The van der Waals surface area contributed by atoms with Gasteiger partial charge in [-0.1, -0.05) is 37.3 Å². The van der Waals surface area contributed by atoms with Gasteiger partial charge in [0.15, 0.2) is 11.5 Å². The number of nitrogens with zero attached hydrogens (tertiary/aromatic N) is 4. The fourth-order valence-electron chi connectivity index (χ4n) is 2.95. The molecule has 0 spiro atoms. The van der Waals surface area contributed by atoms with Crippen LogP contribution in [0.3, 0.4) is 0 Å². The van der Waals surface area contributed by atoms with Crippen LogP contribution in [0.5, 0.6) is 0 Å². The molecule has 33 heavy (non-hydrogen) atoms. The van der Waals surface area contributed by atoms with Crippen LogP contribution in [0.2, 0.25) is 0 Å². The number of anilines is 1. The van der Waals surface area contributed by atoms with Gasteiger partial charge in [0.05, 0.1) is 19.6 Å². The number of esters is 1. The van der Waals surface area contributed by atoms with E-state index in [9.17, 15) is 19.2 Å². The van der Waals surface area contributed by atoms with Gasteiger partial charge in [0.1, 0.15) is 5.52 Å². The normalized spacial score (nSPS) is 12.1. The van der Waals surface area contributed by atoms with Crippen molar-refractivity contribution in [2.75, 3.05) is 12.3 Å². The van der Waals surface area contributed by atoms with E-state index in [0.29, 0.717) is 0 Å². The first-order valence-electron chi connectivity index (χ1n) is 10.3. The van der Waals surface area contributed by atoms with Crippen LogP contribution in [0.4, 0.5) is 5.82 Å². The Hall–Kier alpha value is -3.67. The molecule has 0 fully saturated rings. The van der Waals surface area contributed by atoms with Crippen LogP contribution in [0.15, 0.2) is 44.6 Å². The van der Waals surface area contributed by atoms with E-state index in [1.165, 1.54) is 4.57 Å². The molecular weight excluding hydrogens is 448 g/mol. The molecule has 0 bridgehead atoms. The minimum Gasteiger partial charge on any atom is -0.466 e. The van der Waals surface area contributed by atoms with Gasteiger partial charge < -0.3 is 15.5 Å². The minimum atomic E-state index is -1.64. The Morgan fingerprint density at radius 3 is 2.55 bits per heavy atom. The number of imidazole rings is 1. The number of nitrogens with one attached hydrogen (secondary N) is 1. The lowest BCUT2D eigenvalue weighted by Gasteiger charge is -2.08. The molecule has 0 saturated heterocycles. The maximum Gasteiger partial charge on any atom is 0.328 e. The Labute approximate surface area is 191 Å². The molecule has 3 aromatic rings. The summed E-state index contributed by atoms with van der Waals surface area (Å²) in [5.74, 6) is -1.21. The average molecular weight is 473 g/mol. The summed E-state index contributed by atoms with van der Waals surface area (Å²) in [6.45, 7) is 3.72. The number of carbonyl (C=O) groups is 3. The third-order valence-electron chi connectivity index (χ3n) is 4.53. The zero-order valence-electron chi connectivity index (χ0n) is 18.2. The van der Waals surface area contributed by atoms with E-state index in [-0.39, 0.29) is 59.7 Å². The highest BCUT2D eigenvalue weighted by Gasteiger charge is 2.21. The summed E-state index contributed by atoms with van der Waals surface area (Å²) in [4.78, 5) is 60.2. The van der Waals surface area contributed by atoms with Gasteiger partial charge in [0, 0.05) is 23.5 Å². The summed E-state index contributed by atoms with van der Waals surface area (Å²) < 4.78 is 10.2. The number of nitrogen functional groups attached to an aromatic ring is 1. The molecule has 12 heteroatoms. The Bertz CT molecular complexity index is 1280. The lowest BCUT2D eigenvalue weighted by Crippen LogP contribution is -2.18. The number of aromatic amines is 1. The first-order chi connectivity index (χ1) is 15.8. The van der Waals surface area contributed by atoms with Crippen molar-refractivity contribution in [2.45, 2.75) is 44.8 Å². The molecule has 1 amide bonds. The summed E-state index contributed by atoms with van der Waals surface area (Å²) in [7, 11) is -1.64. The number of fused-ring (bicyclic) bond motifs is 1. The average Bonchev–Trinajstić information content (AvgIpc) is 3.12. The molecule has 0 saturated carbocycles. The predicted molar refractivity (Wildman–Crippen MR) is 122 cm³/mol. The monoisotopic (exact) mass is 472 g/mol. The van der Waals surface area contributed by atoms with Crippen LogP contribution in [0.25, 0.3) is 11.2 Å². The Morgan fingerprint density at radius 2 is 1.88 bits per heavy atom. The van der Waals surface area contributed by atoms with E-state index in [2.05, 4.69) is 19.3 Å². The molecular formula is C21H24N6O5S. The predicted octanol–water partition coefficient (Wildman–Crippen LogP) is 1.72. The first-order valence-corrected chi connectivity index (χ1v) is 11.5. The van der Waals surface area contributed by atoms with E-state index in [0.717, 1.165) is 5.56 Å². The van der Waals surface area contributed by atoms with Crippen molar-refractivity contribution in [1.82, 2.24) is 19.5 Å². The second-order valence-corrected chi connectivity index (χ2v) is 8.46. The molecule has 0 radical (unpaired) electrons. The molecule has 3 rings (SSSR count). The topological polar surface area (TPSA) is 162 Å². The van der Waals surface area contributed by atoms with Crippen LogP contribution < -0.4 is 11.4 Å². The number of hydrogen-bond acceptors (Lipinski definition) is 8. The second-order valence-electron chi connectivity index (χ2n) is 6.89. The molecule has 3 N–H and O–H groups in total. The number of benzene rings is 1. The lowest BCUT2D eigenvalue weighted by molar-refractivity contribution is -0.144. The number of nitrogens with two attached hydrogens (primary N) is 1. The van der Waals surface area contributed by atoms with Gasteiger partial charge in [-0.25, -0.2) is 14.8 Å². The van der Waals surface area contributed by atoms with Crippen LogP contribution in [0, 0.1) is 0 Å². The van der Waals surface area contributed by atoms with E-state index >= 15 is 0 Å². The highest BCUT2D eigenvalue weighted by atomic mass is 32.2. The Balaban J connectivity index is 2.02. The van der Waals surface area contributed by atoms with E-state index in [1.807, 2.05) is 30.3 Å². The molecule has 174 valence electrons. The lowest BCUT2D eigenvalue weighted by atomic mass is 10.2. The molecule has 0 aliphatic rings. The number of carbonyl (C=O) groups excluding carboxylic acids is 3. The van der Waals surface area contributed by atoms with Gasteiger partial charge in [0.25, 0.3) is 5.91 Å². The van der Waals surface area contributed by atoms with E-state index < -0.39 is 28.3 Å². The molecule has 11 nitrogen and oxygen atoms in total. The maximum atomic E-state index is 12.6. The molecule has 1 aromatic carbocycles. The van der Waals surface area contributed by atoms with Gasteiger partial charge in [-0.15, -0.1) is 0 Å². The quantitative estimate of drug-likeness (QED) is 0.370. The number of amides is 1. The fourth-order valence-corrected chi connectivity index (χ4v) is 4.26. The molecule has 2 heterocycles. The van der Waals surface area contributed by atoms with E-state index in [4.69, 9.17) is 10.5 Å². The molecule has 2 aromatic heterocycles. The highest BCUT2D eigenvalue weighted by Crippen LogP contribution is 2.19. The van der Waals surface area contributed by atoms with Crippen molar-refractivity contribution in [2.24, 2.45) is 4.36 Å². The maximum absolute atomic E-state index is 12.6. The first kappa shape index (κ1) is 24.0. The summed E-state index contributed by atoms with van der Waals surface area (Å²) in [5.41, 5.74) is 6.92. The smallest absolute Gasteiger partial charge is 0.328 e. The Morgan fingerprint density at radius 1 is 1.15 bits per heavy atom. The summed E-state index contributed by atoms with van der Waals surface area (Å²) in [5, 5.41) is -0.428. The van der Waals surface area contributed by atoms with Crippen LogP contribution >= 0.6 is 0 Å². The van der Waals surface area contributed by atoms with Gasteiger partial charge >= 0.3 is 11.7 Å². The molecule has 0 aliphatic heterocycles. The standard InChI is InChI=1S/C21H24N6O5S/c1-3-16(30)33(26-14(28)10-11-15(29)32-4-2)20-24-18(22)17-19(25-20)27(21(31)23-17)12-13-8-6-5-7-9-13/h5-9H,3-4,10-12H2,1-2H3,(H,23,31)(H2,22,24,25). The highest BCUT2D eigenvalue weighted by molar-refractivity contribution is 8.02. The Kier molecular flexibility index (Phi) is 7.83. The van der Waals surface area contributed by atoms with Crippen molar-refractivity contribution in [3.8, 4) is 0 Å². The third-order valence-corrected chi connectivity index (χ3v) is 6.17. The number of hydrogen-bond donors (Lipinski definition) is 2. The van der Waals surface area contributed by atoms with Crippen molar-refractivity contribution < 1.29 is 19.1 Å². The zero-order valence-corrected chi connectivity index (χ0v) is 19.1. The van der Waals surface area contributed by atoms with Crippen LogP contribution in [0.1, 0.15) is 38.7 Å². The van der Waals surface area contributed by atoms with Crippen LogP contribution in [-0.4, -0.2) is 43.1 Å². The van der Waals surface area contributed by atoms with Gasteiger partial charge in [0.2, 0.25) is 10.3 Å². The zero-order chi connectivity index (χ0) is 24.0. The fraction of sp³-hybridized carbons (Fsp3) is 0.333. The molecule has 0 aliphatic carbocycles. The second kappa shape index (κ2) is 10.8. The minimum absolute atomic E-state index is 0.0329. The van der Waals surface area contributed by atoms with Crippen molar-refractivity contribution in [3.63, 3.8) is 0 Å².